The fourth-order valence-corrected chi connectivity index (χ4v) is 3.57. The summed E-state index contributed by atoms with van der Waals surface area (Å²) in [6, 6.07) is 13.8. The summed E-state index contributed by atoms with van der Waals surface area (Å²) in [6.07, 6.45) is -0.827. The zero-order chi connectivity index (χ0) is 21.2. The van der Waals surface area contributed by atoms with Crippen molar-refractivity contribution in [3.63, 3.8) is 0 Å². The van der Waals surface area contributed by atoms with Gasteiger partial charge in [0.05, 0.1) is 11.6 Å². The number of nitriles is 1. The minimum Gasteiger partial charge on any atom is -0.351 e. The van der Waals surface area contributed by atoms with E-state index >= 15 is 0 Å². The highest BCUT2D eigenvalue weighted by Gasteiger charge is 2.47. The van der Waals surface area contributed by atoms with E-state index in [1.165, 1.54) is 17.9 Å². The number of alkyl halides is 2. The number of hydrogen-bond acceptors (Lipinski definition) is 3. The molecule has 1 saturated carbocycles. The Bertz CT molecular complexity index is 976. The average Bonchev–Trinajstić information content (AvgIpc) is 2.65. The highest BCUT2D eigenvalue weighted by Crippen LogP contribution is 2.38. The van der Waals surface area contributed by atoms with E-state index in [1.54, 1.807) is 30.3 Å². The summed E-state index contributed by atoms with van der Waals surface area (Å²) in [5, 5.41) is 11.8. The van der Waals surface area contributed by atoms with Gasteiger partial charge >= 0.3 is 0 Å². The van der Waals surface area contributed by atoms with Crippen molar-refractivity contribution in [3.8, 4) is 6.07 Å². The Morgan fingerprint density at radius 1 is 1.21 bits per heavy atom. The van der Waals surface area contributed by atoms with Crippen LogP contribution >= 0.6 is 0 Å². The molecule has 2 aromatic rings. The first-order chi connectivity index (χ1) is 13.7. The van der Waals surface area contributed by atoms with E-state index in [1.807, 2.05) is 25.1 Å². The van der Waals surface area contributed by atoms with E-state index in [-0.39, 0.29) is 0 Å². The van der Waals surface area contributed by atoms with Gasteiger partial charge in [0.2, 0.25) is 11.8 Å². The van der Waals surface area contributed by atoms with E-state index in [0.717, 1.165) is 5.56 Å². The number of halogens is 2. The second-order valence-corrected chi connectivity index (χ2v) is 7.28. The average molecular weight is 397 g/mol. The van der Waals surface area contributed by atoms with E-state index in [9.17, 15) is 23.6 Å². The van der Waals surface area contributed by atoms with Crippen LogP contribution in [-0.2, 0) is 9.59 Å². The maximum Gasteiger partial charge on any atom is 0.252 e. The van der Waals surface area contributed by atoms with E-state index in [4.69, 9.17) is 0 Å². The third-order valence-electron chi connectivity index (χ3n) is 5.02. The SMILES string of the molecule is CC(=O)N(c1cccc(C#N)c1)C(C(=O)NC1CC(F)(F)C1)c1ccccc1C. The lowest BCUT2D eigenvalue weighted by molar-refractivity contribution is -0.132. The topological polar surface area (TPSA) is 73.2 Å². The van der Waals surface area contributed by atoms with E-state index < -0.39 is 42.7 Å². The van der Waals surface area contributed by atoms with Crippen LogP contribution in [0.15, 0.2) is 48.5 Å². The number of aryl methyl sites for hydroxylation is 1. The molecule has 0 aliphatic heterocycles. The third-order valence-corrected chi connectivity index (χ3v) is 5.02. The van der Waals surface area contributed by atoms with Crippen molar-refractivity contribution in [2.75, 3.05) is 4.90 Å². The zero-order valence-corrected chi connectivity index (χ0v) is 16.2. The van der Waals surface area contributed by atoms with E-state index in [2.05, 4.69) is 5.32 Å². The number of benzene rings is 2. The molecule has 1 N–H and O–H groups in total. The van der Waals surface area contributed by atoms with Crippen LogP contribution in [0.2, 0.25) is 0 Å². The molecule has 2 aromatic carbocycles. The van der Waals surface area contributed by atoms with Crippen LogP contribution in [0.25, 0.3) is 0 Å². The Labute approximate surface area is 167 Å². The first-order valence-corrected chi connectivity index (χ1v) is 9.25. The summed E-state index contributed by atoms with van der Waals surface area (Å²) in [6.45, 7) is 3.15. The molecule has 150 valence electrons. The Morgan fingerprint density at radius 2 is 1.90 bits per heavy atom. The van der Waals surface area contributed by atoms with Gasteiger partial charge in [-0.2, -0.15) is 5.26 Å². The molecule has 0 radical (unpaired) electrons. The second-order valence-electron chi connectivity index (χ2n) is 7.28. The third kappa shape index (κ3) is 4.43. The van der Waals surface area contributed by atoms with Crippen LogP contribution in [0.1, 0.15) is 42.5 Å². The molecule has 5 nitrogen and oxygen atoms in total. The first-order valence-electron chi connectivity index (χ1n) is 9.25. The van der Waals surface area contributed by atoms with Crippen LogP contribution in [0.5, 0.6) is 0 Å². The molecular weight excluding hydrogens is 376 g/mol. The summed E-state index contributed by atoms with van der Waals surface area (Å²) >= 11 is 0. The molecule has 1 aliphatic rings. The van der Waals surface area contributed by atoms with Gasteiger partial charge in [-0.15, -0.1) is 0 Å². The predicted molar refractivity (Wildman–Crippen MR) is 104 cm³/mol. The molecular formula is C22H21F2N3O2. The molecule has 0 aromatic heterocycles. The number of nitrogens with one attached hydrogen (secondary N) is 1. The smallest absolute Gasteiger partial charge is 0.252 e. The number of nitrogens with zero attached hydrogens (tertiary/aromatic N) is 2. The summed E-state index contributed by atoms with van der Waals surface area (Å²) < 4.78 is 26.4. The molecule has 1 unspecified atom stereocenters. The van der Waals surface area contributed by atoms with E-state index in [0.29, 0.717) is 16.8 Å². The summed E-state index contributed by atoms with van der Waals surface area (Å²) in [5.74, 6) is -3.70. The molecule has 7 heteroatoms. The lowest BCUT2D eigenvalue weighted by Crippen LogP contribution is -2.54. The maximum atomic E-state index is 13.2. The quantitative estimate of drug-likeness (QED) is 0.832. The van der Waals surface area contributed by atoms with Crippen LogP contribution in [0.4, 0.5) is 14.5 Å². The largest absolute Gasteiger partial charge is 0.351 e. The van der Waals surface area contributed by atoms with Gasteiger partial charge in [0.15, 0.2) is 0 Å². The molecule has 1 fully saturated rings. The van der Waals surface area contributed by atoms with Crippen molar-refractivity contribution in [1.29, 1.82) is 5.26 Å². The van der Waals surface area contributed by atoms with Crippen LogP contribution < -0.4 is 10.2 Å². The minimum atomic E-state index is -2.77. The van der Waals surface area contributed by atoms with Gasteiger partial charge in [-0.25, -0.2) is 8.78 Å². The number of anilines is 1. The Morgan fingerprint density at radius 3 is 2.48 bits per heavy atom. The van der Waals surface area contributed by atoms with Gasteiger partial charge in [0.1, 0.15) is 6.04 Å². The van der Waals surface area contributed by atoms with Gasteiger partial charge in [0.25, 0.3) is 5.92 Å². The van der Waals surface area contributed by atoms with Gasteiger partial charge in [-0.05, 0) is 36.2 Å². The lowest BCUT2D eigenvalue weighted by atomic mass is 9.87. The van der Waals surface area contributed by atoms with Gasteiger partial charge in [-0.3, -0.25) is 14.5 Å². The van der Waals surface area contributed by atoms with Gasteiger partial charge < -0.3 is 5.32 Å². The standard InChI is InChI=1S/C22H21F2N3O2/c1-14-6-3-4-9-19(14)20(21(29)26-17-11-22(23,24)12-17)27(15(2)28)18-8-5-7-16(10-18)13-25/h3-10,17,20H,11-12H2,1-2H3,(H,26,29). The van der Waals surface area contributed by atoms with Gasteiger partial charge in [0, 0.05) is 31.5 Å². The molecule has 2 amide bonds. The highest BCUT2D eigenvalue weighted by molar-refractivity contribution is 6.00. The molecule has 3 rings (SSSR count). The van der Waals surface area contributed by atoms with Crippen molar-refractivity contribution in [2.45, 2.75) is 44.7 Å². The number of rotatable bonds is 5. The monoisotopic (exact) mass is 397 g/mol. The van der Waals surface area contributed by atoms with Crippen molar-refractivity contribution < 1.29 is 18.4 Å². The molecule has 0 spiro atoms. The summed E-state index contributed by atoms with van der Waals surface area (Å²) in [5.41, 5.74) is 2.11. The number of carbonyl (C=O) groups is 2. The number of amides is 2. The van der Waals surface area contributed by atoms with Crippen molar-refractivity contribution >= 4 is 17.5 Å². The maximum absolute atomic E-state index is 13.2. The predicted octanol–water partition coefficient (Wildman–Crippen LogP) is 3.87. The fraction of sp³-hybridized carbons (Fsp3) is 0.318. The minimum absolute atomic E-state index is 0.344. The van der Waals surface area contributed by atoms with Gasteiger partial charge in [-0.1, -0.05) is 30.3 Å². The normalized spacial score (nSPS) is 16.2. The highest BCUT2D eigenvalue weighted by atomic mass is 19.3. The summed E-state index contributed by atoms with van der Waals surface area (Å²) in [4.78, 5) is 27.1. The first kappa shape index (κ1) is 20.5. The van der Waals surface area contributed by atoms with Crippen molar-refractivity contribution in [3.05, 3.63) is 65.2 Å². The Hall–Kier alpha value is -3.27. The molecule has 0 bridgehead atoms. The second kappa shape index (κ2) is 8.00. The fourth-order valence-electron chi connectivity index (χ4n) is 3.57. The Kier molecular flexibility index (Phi) is 5.64. The number of carbonyl (C=O) groups excluding carboxylic acids is 2. The lowest BCUT2D eigenvalue weighted by Gasteiger charge is -2.38. The Balaban J connectivity index is 2.02. The van der Waals surface area contributed by atoms with Crippen molar-refractivity contribution in [2.24, 2.45) is 0 Å². The van der Waals surface area contributed by atoms with Crippen LogP contribution in [0, 0.1) is 18.3 Å². The van der Waals surface area contributed by atoms with Crippen LogP contribution in [0.3, 0.4) is 0 Å². The summed E-state index contributed by atoms with van der Waals surface area (Å²) in [7, 11) is 0. The number of hydrogen-bond donors (Lipinski definition) is 1. The van der Waals surface area contributed by atoms with Crippen LogP contribution in [-0.4, -0.2) is 23.8 Å². The zero-order valence-electron chi connectivity index (χ0n) is 16.2. The molecule has 1 atom stereocenters. The molecule has 0 heterocycles. The molecule has 29 heavy (non-hydrogen) atoms. The molecule has 0 saturated heterocycles. The van der Waals surface area contributed by atoms with Crippen molar-refractivity contribution in [1.82, 2.24) is 5.32 Å². The molecule has 1 aliphatic carbocycles.